The maximum Gasteiger partial charge on any atom is 0.304 e. The molecule has 0 spiro atoms. The lowest BCUT2D eigenvalue weighted by atomic mass is 9.82. The molecule has 1 heterocycles. The lowest BCUT2D eigenvalue weighted by Crippen LogP contribution is -2.44. The van der Waals surface area contributed by atoms with E-state index in [-0.39, 0.29) is 11.5 Å². The van der Waals surface area contributed by atoms with Gasteiger partial charge in [0.15, 0.2) is 0 Å². The predicted octanol–water partition coefficient (Wildman–Crippen LogP) is 1.66. The predicted molar refractivity (Wildman–Crippen MR) is 47.6 cm³/mol. The SMILES string of the molecule is CC(C)C1OS(=O)OCC1(C)C. The Morgan fingerprint density at radius 3 is 2.50 bits per heavy atom. The maximum absolute atomic E-state index is 10.9. The first kappa shape index (κ1) is 10.2. The van der Waals surface area contributed by atoms with Crippen molar-refractivity contribution in [3.63, 3.8) is 0 Å². The van der Waals surface area contributed by atoms with Crippen molar-refractivity contribution in [3.05, 3.63) is 0 Å². The molecule has 0 amide bonds. The van der Waals surface area contributed by atoms with Crippen molar-refractivity contribution in [1.82, 2.24) is 0 Å². The van der Waals surface area contributed by atoms with Gasteiger partial charge in [-0.05, 0) is 5.92 Å². The summed E-state index contributed by atoms with van der Waals surface area (Å²) in [6, 6.07) is 0. The molecule has 0 bridgehead atoms. The third-order valence-corrected chi connectivity index (χ3v) is 2.76. The molecule has 0 N–H and O–H groups in total. The summed E-state index contributed by atoms with van der Waals surface area (Å²) >= 11 is -1.54. The zero-order valence-corrected chi connectivity index (χ0v) is 8.81. The molecule has 3 nitrogen and oxygen atoms in total. The Labute approximate surface area is 76.3 Å². The van der Waals surface area contributed by atoms with Crippen molar-refractivity contribution in [2.75, 3.05) is 6.61 Å². The second kappa shape index (κ2) is 3.44. The Morgan fingerprint density at radius 1 is 1.50 bits per heavy atom. The van der Waals surface area contributed by atoms with Crippen molar-refractivity contribution < 1.29 is 12.6 Å². The van der Waals surface area contributed by atoms with Crippen molar-refractivity contribution in [3.8, 4) is 0 Å². The first-order chi connectivity index (χ1) is 5.43. The molecule has 0 radical (unpaired) electrons. The molecule has 2 atom stereocenters. The van der Waals surface area contributed by atoms with E-state index in [0.29, 0.717) is 12.5 Å². The van der Waals surface area contributed by atoms with Crippen molar-refractivity contribution >= 4 is 11.4 Å². The fraction of sp³-hybridized carbons (Fsp3) is 1.00. The lowest BCUT2D eigenvalue weighted by Gasteiger charge is -2.38. The van der Waals surface area contributed by atoms with Crippen LogP contribution in [0.15, 0.2) is 0 Å². The van der Waals surface area contributed by atoms with Crippen LogP contribution in [0, 0.1) is 11.3 Å². The van der Waals surface area contributed by atoms with E-state index in [1.807, 2.05) is 0 Å². The summed E-state index contributed by atoms with van der Waals surface area (Å²) in [4.78, 5) is 0. The smallest absolute Gasteiger partial charge is 0.268 e. The van der Waals surface area contributed by atoms with Gasteiger partial charge in [-0.3, -0.25) is 8.37 Å². The summed E-state index contributed by atoms with van der Waals surface area (Å²) in [6.45, 7) is 8.76. The average Bonchev–Trinajstić information content (AvgIpc) is 1.94. The first-order valence-corrected chi connectivity index (χ1v) is 5.15. The fourth-order valence-electron chi connectivity index (χ4n) is 1.54. The van der Waals surface area contributed by atoms with E-state index in [9.17, 15) is 4.21 Å². The third kappa shape index (κ3) is 2.06. The zero-order chi connectivity index (χ0) is 9.35. The Balaban J connectivity index is 2.72. The standard InChI is InChI=1S/C8H16O3S/c1-6(2)7-8(3,4)5-10-12(9)11-7/h6-7H,5H2,1-4H3. The number of rotatable bonds is 1. The average molecular weight is 192 g/mol. The van der Waals surface area contributed by atoms with Gasteiger partial charge < -0.3 is 0 Å². The topological polar surface area (TPSA) is 35.5 Å². The molecule has 1 saturated heterocycles. The van der Waals surface area contributed by atoms with Gasteiger partial charge in [0.1, 0.15) is 0 Å². The van der Waals surface area contributed by atoms with E-state index in [1.165, 1.54) is 0 Å². The Bertz CT molecular complexity index is 189. The summed E-state index contributed by atoms with van der Waals surface area (Å²) in [5.74, 6) is 0.368. The van der Waals surface area contributed by atoms with Crippen LogP contribution >= 0.6 is 0 Å². The number of hydrogen-bond donors (Lipinski definition) is 0. The fourth-order valence-corrected chi connectivity index (χ4v) is 2.65. The Hall–Kier alpha value is 0.0700. The summed E-state index contributed by atoms with van der Waals surface area (Å²) in [6.07, 6.45) is 0.0204. The van der Waals surface area contributed by atoms with Crippen LogP contribution in [0.4, 0.5) is 0 Å². The molecule has 1 rings (SSSR count). The molecule has 0 aliphatic carbocycles. The monoisotopic (exact) mass is 192 g/mol. The molecule has 1 aliphatic rings. The molecule has 0 aromatic heterocycles. The highest BCUT2D eigenvalue weighted by atomic mass is 32.2. The van der Waals surface area contributed by atoms with Crippen molar-refractivity contribution in [1.29, 1.82) is 0 Å². The first-order valence-electron chi connectivity index (χ1n) is 4.15. The van der Waals surface area contributed by atoms with Gasteiger partial charge in [0.25, 0.3) is 0 Å². The molecule has 0 saturated carbocycles. The summed E-state index contributed by atoms with van der Waals surface area (Å²) < 4.78 is 21.1. The molecular formula is C8H16O3S. The molecule has 1 aliphatic heterocycles. The van der Waals surface area contributed by atoms with E-state index in [4.69, 9.17) is 8.37 Å². The lowest BCUT2D eigenvalue weighted by molar-refractivity contribution is -0.0295. The third-order valence-electron chi connectivity index (χ3n) is 2.09. The van der Waals surface area contributed by atoms with Gasteiger partial charge in [-0.25, -0.2) is 0 Å². The summed E-state index contributed by atoms with van der Waals surface area (Å²) in [5.41, 5.74) is -0.0396. The van der Waals surface area contributed by atoms with Gasteiger partial charge in [0.05, 0.1) is 12.7 Å². The van der Waals surface area contributed by atoms with Crippen LogP contribution in [-0.2, 0) is 19.7 Å². The van der Waals surface area contributed by atoms with E-state index < -0.39 is 11.4 Å². The minimum atomic E-state index is -1.54. The van der Waals surface area contributed by atoms with Gasteiger partial charge in [0.2, 0.25) is 0 Å². The Morgan fingerprint density at radius 2 is 2.08 bits per heavy atom. The highest BCUT2D eigenvalue weighted by Crippen LogP contribution is 2.33. The van der Waals surface area contributed by atoms with Crippen LogP contribution in [0.3, 0.4) is 0 Å². The highest BCUT2D eigenvalue weighted by Gasteiger charge is 2.39. The summed E-state index contributed by atoms with van der Waals surface area (Å²) in [5, 5.41) is 0. The van der Waals surface area contributed by atoms with Crippen LogP contribution in [0.5, 0.6) is 0 Å². The molecule has 72 valence electrons. The maximum atomic E-state index is 10.9. The molecule has 1 fully saturated rings. The highest BCUT2D eigenvalue weighted by molar-refractivity contribution is 7.75. The molecule has 0 aromatic carbocycles. The van der Waals surface area contributed by atoms with Crippen LogP contribution in [0.1, 0.15) is 27.7 Å². The van der Waals surface area contributed by atoms with Gasteiger partial charge in [-0.1, -0.05) is 27.7 Å². The second-order valence-electron chi connectivity index (χ2n) is 4.22. The van der Waals surface area contributed by atoms with Crippen molar-refractivity contribution in [2.45, 2.75) is 33.8 Å². The summed E-state index contributed by atoms with van der Waals surface area (Å²) in [7, 11) is 0. The van der Waals surface area contributed by atoms with Gasteiger partial charge in [0, 0.05) is 5.41 Å². The van der Waals surface area contributed by atoms with Crippen LogP contribution in [0.25, 0.3) is 0 Å². The van der Waals surface area contributed by atoms with Crippen molar-refractivity contribution in [2.24, 2.45) is 11.3 Å². The number of hydrogen-bond acceptors (Lipinski definition) is 3. The van der Waals surface area contributed by atoms with E-state index >= 15 is 0 Å². The van der Waals surface area contributed by atoms with Crippen LogP contribution < -0.4 is 0 Å². The van der Waals surface area contributed by atoms with E-state index in [0.717, 1.165) is 0 Å². The quantitative estimate of drug-likeness (QED) is 0.634. The zero-order valence-electron chi connectivity index (χ0n) is 7.99. The van der Waals surface area contributed by atoms with Gasteiger partial charge >= 0.3 is 11.4 Å². The molecule has 0 aromatic rings. The molecule has 2 unspecified atom stereocenters. The minimum Gasteiger partial charge on any atom is -0.268 e. The van der Waals surface area contributed by atoms with E-state index in [1.54, 1.807) is 0 Å². The van der Waals surface area contributed by atoms with Gasteiger partial charge in [-0.2, -0.15) is 4.21 Å². The Kier molecular flexibility index (Phi) is 2.91. The van der Waals surface area contributed by atoms with Crippen LogP contribution in [-0.4, -0.2) is 16.9 Å². The second-order valence-corrected chi connectivity index (χ2v) is 5.05. The normalized spacial score (nSPS) is 35.4. The minimum absolute atomic E-state index is 0.0204. The largest absolute Gasteiger partial charge is 0.304 e. The molecule has 4 heteroatoms. The van der Waals surface area contributed by atoms with E-state index in [2.05, 4.69) is 27.7 Å². The molecule has 12 heavy (non-hydrogen) atoms. The van der Waals surface area contributed by atoms with Gasteiger partial charge in [-0.15, -0.1) is 0 Å². The van der Waals surface area contributed by atoms with Crippen LogP contribution in [0.2, 0.25) is 0 Å². The molecular weight excluding hydrogens is 176 g/mol.